The van der Waals surface area contributed by atoms with Gasteiger partial charge in [0, 0.05) is 46.4 Å². The number of nitrogens with zero attached hydrogens (tertiary/aromatic N) is 2. The Morgan fingerprint density at radius 2 is 2.04 bits per heavy atom. The summed E-state index contributed by atoms with van der Waals surface area (Å²) in [6.45, 7) is 8.69. The second-order valence-electron chi connectivity index (χ2n) is 6.88. The Bertz CT molecular complexity index is 583. The van der Waals surface area contributed by atoms with Crippen molar-refractivity contribution in [2.45, 2.75) is 19.8 Å². The molecule has 7 nitrogen and oxygen atoms in total. The van der Waals surface area contributed by atoms with Gasteiger partial charge < -0.3 is 29.7 Å². The number of ether oxygens (including phenoxy) is 3. The fourth-order valence-electron chi connectivity index (χ4n) is 3.28. The maximum Gasteiger partial charge on any atom is 0.191 e. The molecule has 1 aliphatic heterocycles. The summed E-state index contributed by atoms with van der Waals surface area (Å²) in [5.74, 6) is 2.38. The highest BCUT2D eigenvalue weighted by molar-refractivity contribution is 5.79. The topological polar surface area (TPSA) is 67.4 Å². The van der Waals surface area contributed by atoms with Gasteiger partial charge in [-0.1, -0.05) is 12.1 Å². The van der Waals surface area contributed by atoms with Crippen LogP contribution in [-0.4, -0.2) is 72.7 Å². The molecule has 0 spiro atoms. The van der Waals surface area contributed by atoms with Gasteiger partial charge in [0.1, 0.15) is 5.75 Å². The van der Waals surface area contributed by atoms with E-state index in [1.54, 1.807) is 14.2 Å². The first-order chi connectivity index (χ1) is 13.8. The van der Waals surface area contributed by atoms with Crippen LogP contribution in [0.25, 0.3) is 0 Å². The third-order valence-electron chi connectivity index (χ3n) is 4.75. The molecule has 158 valence electrons. The summed E-state index contributed by atoms with van der Waals surface area (Å²) >= 11 is 0. The minimum atomic E-state index is 0.553. The Balaban J connectivity index is 1.75. The maximum absolute atomic E-state index is 5.50. The summed E-state index contributed by atoms with van der Waals surface area (Å²) in [6, 6.07) is 8.23. The molecule has 1 saturated heterocycles. The van der Waals surface area contributed by atoms with Gasteiger partial charge >= 0.3 is 0 Å². The van der Waals surface area contributed by atoms with Gasteiger partial charge in [-0.25, -0.2) is 0 Å². The fourth-order valence-corrected chi connectivity index (χ4v) is 3.28. The first-order valence-electron chi connectivity index (χ1n) is 10.2. The third kappa shape index (κ3) is 7.56. The van der Waals surface area contributed by atoms with Crippen molar-refractivity contribution in [3.8, 4) is 5.75 Å². The molecule has 0 aromatic heterocycles. The average Bonchev–Trinajstić information content (AvgIpc) is 3.20. The molecule has 0 aliphatic carbocycles. The van der Waals surface area contributed by atoms with Gasteiger partial charge in [-0.05, 0) is 37.8 Å². The predicted molar refractivity (Wildman–Crippen MR) is 115 cm³/mol. The molecule has 1 aliphatic rings. The molecule has 1 heterocycles. The smallest absolute Gasteiger partial charge is 0.191 e. The molecule has 0 bridgehead atoms. The van der Waals surface area contributed by atoms with Gasteiger partial charge in [0.05, 0.1) is 26.0 Å². The van der Waals surface area contributed by atoms with E-state index in [9.17, 15) is 0 Å². The molecule has 1 unspecified atom stereocenters. The number of methoxy groups -OCH3 is 2. The van der Waals surface area contributed by atoms with E-state index in [-0.39, 0.29) is 0 Å². The summed E-state index contributed by atoms with van der Waals surface area (Å²) in [4.78, 5) is 7.19. The Morgan fingerprint density at radius 3 is 2.82 bits per heavy atom. The normalized spacial score (nSPS) is 17.0. The highest BCUT2D eigenvalue weighted by atomic mass is 16.5. The quantitative estimate of drug-likeness (QED) is 0.323. The largest absolute Gasteiger partial charge is 0.495 e. The van der Waals surface area contributed by atoms with Crippen LogP contribution in [0, 0.1) is 5.92 Å². The minimum Gasteiger partial charge on any atom is -0.495 e. The highest BCUT2D eigenvalue weighted by Crippen LogP contribution is 2.31. The molecule has 2 rings (SSSR count). The summed E-state index contributed by atoms with van der Waals surface area (Å²) in [7, 11) is 3.41. The lowest BCUT2D eigenvalue weighted by molar-refractivity contribution is 0.0698. The molecule has 0 saturated carbocycles. The van der Waals surface area contributed by atoms with Crippen molar-refractivity contribution in [3.63, 3.8) is 0 Å². The van der Waals surface area contributed by atoms with Crippen LogP contribution in [0.15, 0.2) is 29.3 Å². The zero-order chi connectivity index (χ0) is 20.0. The second-order valence-corrected chi connectivity index (χ2v) is 6.88. The van der Waals surface area contributed by atoms with Crippen molar-refractivity contribution >= 4 is 11.6 Å². The summed E-state index contributed by atoms with van der Waals surface area (Å²) in [6.07, 6.45) is 2.09. The van der Waals surface area contributed by atoms with Crippen LogP contribution in [0.2, 0.25) is 0 Å². The number of para-hydroxylation sites is 2. The lowest BCUT2D eigenvalue weighted by Crippen LogP contribution is -2.38. The van der Waals surface area contributed by atoms with Gasteiger partial charge in [0.15, 0.2) is 5.96 Å². The maximum atomic E-state index is 5.50. The molecule has 0 amide bonds. The zero-order valence-corrected chi connectivity index (χ0v) is 17.6. The van der Waals surface area contributed by atoms with E-state index in [2.05, 4.69) is 34.6 Å². The van der Waals surface area contributed by atoms with Gasteiger partial charge in [-0.15, -0.1) is 0 Å². The van der Waals surface area contributed by atoms with Crippen LogP contribution in [0.4, 0.5) is 5.69 Å². The number of hydrogen-bond acceptors (Lipinski definition) is 5. The van der Waals surface area contributed by atoms with Crippen LogP contribution in [0.5, 0.6) is 5.75 Å². The Hall–Kier alpha value is -1.99. The van der Waals surface area contributed by atoms with Crippen LogP contribution < -0.4 is 20.3 Å². The lowest BCUT2D eigenvalue weighted by Gasteiger charge is -2.21. The Morgan fingerprint density at radius 1 is 1.18 bits per heavy atom. The van der Waals surface area contributed by atoms with E-state index in [4.69, 9.17) is 19.2 Å². The molecule has 1 atom stereocenters. The van der Waals surface area contributed by atoms with Crippen molar-refractivity contribution in [3.05, 3.63) is 24.3 Å². The van der Waals surface area contributed by atoms with Crippen LogP contribution in [0.3, 0.4) is 0 Å². The standard InChI is InChI=1S/C21H36N4O3/c1-4-22-21(23-11-7-13-28-15-14-26-2)24-16-18-10-12-25(17-18)19-8-5-6-9-20(19)27-3/h5-6,8-9,18H,4,7,10-17H2,1-3H3,(H2,22,23,24). The Labute approximate surface area is 169 Å². The highest BCUT2D eigenvalue weighted by Gasteiger charge is 2.24. The van der Waals surface area contributed by atoms with Gasteiger partial charge in [0.2, 0.25) is 0 Å². The third-order valence-corrected chi connectivity index (χ3v) is 4.75. The van der Waals surface area contributed by atoms with Crippen molar-refractivity contribution < 1.29 is 14.2 Å². The summed E-state index contributed by atoms with van der Waals surface area (Å²) < 4.78 is 16.0. The minimum absolute atomic E-state index is 0.553. The van der Waals surface area contributed by atoms with E-state index in [1.807, 2.05) is 12.1 Å². The number of benzene rings is 1. The van der Waals surface area contributed by atoms with Gasteiger partial charge in [0.25, 0.3) is 0 Å². The van der Waals surface area contributed by atoms with Crippen molar-refractivity contribution in [1.29, 1.82) is 0 Å². The molecule has 7 heteroatoms. The fraction of sp³-hybridized carbons (Fsp3) is 0.667. The van der Waals surface area contributed by atoms with E-state index < -0.39 is 0 Å². The number of aliphatic imine (C=N–C) groups is 1. The van der Waals surface area contributed by atoms with Crippen LogP contribution >= 0.6 is 0 Å². The van der Waals surface area contributed by atoms with Crippen LogP contribution in [-0.2, 0) is 9.47 Å². The predicted octanol–water partition coefficient (Wildman–Crippen LogP) is 2.13. The van der Waals surface area contributed by atoms with E-state index in [0.29, 0.717) is 19.1 Å². The van der Waals surface area contributed by atoms with Gasteiger partial charge in [-0.2, -0.15) is 0 Å². The van der Waals surface area contributed by atoms with E-state index in [0.717, 1.165) is 63.9 Å². The molecule has 1 aromatic rings. The molecule has 2 N–H and O–H groups in total. The van der Waals surface area contributed by atoms with Crippen molar-refractivity contribution in [1.82, 2.24) is 10.6 Å². The van der Waals surface area contributed by atoms with E-state index in [1.165, 1.54) is 5.69 Å². The monoisotopic (exact) mass is 392 g/mol. The SMILES string of the molecule is CCNC(=NCC1CCN(c2ccccc2OC)C1)NCCCOCCOC. The zero-order valence-electron chi connectivity index (χ0n) is 17.6. The van der Waals surface area contributed by atoms with Crippen molar-refractivity contribution in [2.24, 2.45) is 10.9 Å². The van der Waals surface area contributed by atoms with Gasteiger partial charge in [-0.3, -0.25) is 4.99 Å². The summed E-state index contributed by atoms with van der Waals surface area (Å²) in [5, 5.41) is 6.71. The molecule has 0 radical (unpaired) electrons. The van der Waals surface area contributed by atoms with Crippen molar-refractivity contribution in [2.75, 3.05) is 71.7 Å². The molecule has 28 heavy (non-hydrogen) atoms. The lowest BCUT2D eigenvalue weighted by atomic mass is 10.1. The first kappa shape index (κ1) is 22.3. The number of anilines is 1. The number of nitrogens with one attached hydrogen (secondary N) is 2. The molecular weight excluding hydrogens is 356 g/mol. The molecule has 1 fully saturated rings. The summed E-state index contributed by atoms with van der Waals surface area (Å²) in [5.41, 5.74) is 1.18. The molecule has 1 aromatic carbocycles. The van der Waals surface area contributed by atoms with E-state index >= 15 is 0 Å². The number of rotatable bonds is 12. The van der Waals surface area contributed by atoms with Crippen LogP contribution in [0.1, 0.15) is 19.8 Å². The second kappa shape index (κ2) is 13.2. The Kier molecular flexibility index (Phi) is 10.5. The first-order valence-corrected chi connectivity index (χ1v) is 10.2. The number of hydrogen-bond donors (Lipinski definition) is 2. The molecular formula is C21H36N4O3. The average molecular weight is 393 g/mol. The number of guanidine groups is 1.